The fourth-order valence-corrected chi connectivity index (χ4v) is 4.60. The van der Waals surface area contributed by atoms with E-state index in [1.165, 1.54) is 22.0 Å². The molecule has 0 unspecified atom stereocenters. The van der Waals surface area contributed by atoms with Crippen molar-refractivity contribution in [3.63, 3.8) is 0 Å². The van der Waals surface area contributed by atoms with E-state index in [2.05, 4.69) is 12.2 Å². The Bertz CT molecular complexity index is 928. The molecule has 2 aromatic carbocycles. The first-order chi connectivity index (χ1) is 13.0. The van der Waals surface area contributed by atoms with Crippen LogP contribution in [-0.4, -0.2) is 31.7 Å². The maximum atomic E-state index is 12.6. The number of hydrogen-bond acceptors (Lipinski definition) is 3. The second-order valence-electron chi connectivity index (χ2n) is 6.56. The van der Waals surface area contributed by atoms with Crippen molar-refractivity contribution >= 4 is 27.7 Å². The highest BCUT2D eigenvalue weighted by Crippen LogP contribution is 2.23. The van der Waals surface area contributed by atoms with Gasteiger partial charge in [-0.3, -0.25) is 4.79 Å². The van der Waals surface area contributed by atoms with E-state index in [4.69, 9.17) is 0 Å². The molecule has 2 aromatic rings. The highest BCUT2D eigenvalue weighted by Gasteiger charge is 2.27. The summed E-state index contributed by atoms with van der Waals surface area (Å²) in [5.74, 6) is -0.301. The molecule has 1 saturated heterocycles. The van der Waals surface area contributed by atoms with E-state index >= 15 is 0 Å². The predicted molar refractivity (Wildman–Crippen MR) is 108 cm³/mol. The van der Waals surface area contributed by atoms with E-state index in [-0.39, 0.29) is 10.8 Å². The van der Waals surface area contributed by atoms with Gasteiger partial charge in [0, 0.05) is 24.9 Å². The minimum absolute atomic E-state index is 0.210. The van der Waals surface area contributed by atoms with Crippen LogP contribution in [0.2, 0.25) is 0 Å². The van der Waals surface area contributed by atoms with Crippen LogP contribution in [0.25, 0.3) is 6.08 Å². The Morgan fingerprint density at radius 3 is 2.48 bits per heavy atom. The largest absolute Gasteiger partial charge is 0.322 e. The summed E-state index contributed by atoms with van der Waals surface area (Å²) in [7, 11) is -3.49. The number of hydrogen-bond donors (Lipinski definition) is 1. The molecule has 1 aliphatic heterocycles. The van der Waals surface area contributed by atoms with Crippen LogP contribution in [0.1, 0.15) is 30.9 Å². The van der Waals surface area contributed by atoms with E-state index in [9.17, 15) is 13.2 Å². The maximum Gasteiger partial charge on any atom is 0.248 e. The van der Waals surface area contributed by atoms with Crippen molar-refractivity contribution in [3.8, 4) is 0 Å². The van der Waals surface area contributed by atoms with E-state index < -0.39 is 10.0 Å². The number of anilines is 1. The summed E-state index contributed by atoms with van der Waals surface area (Å²) in [5.41, 5.74) is 2.64. The first kappa shape index (κ1) is 19.3. The highest BCUT2D eigenvalue weighted by atomic mass is 32.2. The predicted octanol–water partition coefficient (Wildman–Crippen LogP) is 3.69. The molecular weight excluding hydrogens is 360 g/mol. The molecule has 1 N–H and O–H groups in total. The Hall–Kier alpha value is -2.44. The molecular formula is C21H24N2O3S. The van der Waals surface area contributed by atoms with Gasteiger partial charge in [-0.15, -0.1) is 0 Å². The van der Waals surface area contributed by atoms with E-state index in [0.717, 1.165) is 24.8 Å². The third-order valence-corrected chi connectivity index (χ3v) is 6.51. The van der Waals surface area contributed by atoms with Gasteiger partial charge in [0.05, 0.1) is 4.90 Å². The van der Waals surface area contributed by atoms with Crippen LogP contribution in [0.5, 0.6) is 0 Å². The lowest BCUT2D eigenvalue weighted by Gasteiger charge is -2.16. The number of aryl methyl sites for hydroxylation is 1. The summed E-state index contributed by atoms with van der Waals surface area (Å²) in [6.07, 6.45) is 5.93. The van der Waals surface area contributed by atoms with Crippen LogP contribution < -0.4 is 5.32 Å². The molecule has 1 amide bonds. The Morgan fingerprint density at radius 1 is 1.11 bits per heavy atom. The molecule has 0 aliphatic carbocycles. The van der Waals surface area contributed by atoms with Gasteiger partial charge in [-0.05, 0) is 54.7 Å². The van der Waals surface area contributed by atoms with Crippen molar-refractivity contribution in [2.24, 2.45) is 0 Å². The Balaban J connectivity index is 1.68. The average Bonchev–Trinajstić information content (AvgIpc) is 3.23. The molecule has 0 saturated carbocycles. The van der Waals surface area contributed by atoms with Crippen molar-refractivity contribution < 1.29 is 13.2 Å². The SMILES string of the molecule is CCc1ccc(/C=C/C(=O)Nc2cccc(S(=O)(=O)N3CCCC3)c2)cc1. The van der Waals surface area contributed by atoms with Crippen LogP contribution in [0.3, 0.4) is 0 Å². The zero-order chi connectivity index (χ0) is 19.3. The third kappa shape index (κ3) is 4.84. The van der Waals surface area contributed by atoms with Crippen LogP contribution in [0.4, 0.5) is 5.69 Å². The van der Waals surface area contributed by atoms with Crippen LogP contribution in [-0.2, 0) is 21.2 Å². The van der Waals surface area contributed by atoms with Crippen LogP contribution in [0, 0.1) is 0 Å². The van der Waals surface area contributed by atoms with Crippen molar-refractivity contribution in [3.05, 3.63) is 65.7 Å². The van der Waals surface area contributed by atoms with Gasteiger partial charge in [0.1, 0.15) is 0 Å². The van der Waals surface area contributed by atoms with E-state index in [1.54, 1.807) is 24.3 Å². The molecule has 1 aliphatic rings. The monoisotopic (exact) mass is 384 g/mol. The second kappa shape index (κ2) is 8.50. The lowest BCUT2D eigenvalue weighted by Crippen LogP contribution is -2.27. The maximum absolute atomic E-state index is 12.6. The fraction of sp³-hybridized carbons (Fsp3) is 0.286. The molecule has 0 spiro atoms. The minimum atomic E-state index is -3.49. The highest BCUT2D eigenvalue weighted by molar-refractivity contribution is 7.89. The molecule has 0 radical (unpaired) electrons. The zero-order valence-electron chi connectivity index (χ0n) is 15.4. The molecule has 0 atom stereocenters. The Morgan fingerprint density at radius 2 is 1.81 bits per heavy atom. The third-order valence-electron chi connectivity index (χ3n) is 4.62. The van der Waals surface area contributed by atoms with Crippen molar-refractivity contribution in [2.75, 3.05) is 18.4 Å². The molecule has 6 heteroatoms. The smallest absolute Gasteiger partial charge is 0.248 e. The molecule has 5 nitrogen and oxygen atoms in total. The van der Waals surface area contributed by atoms with Gasteiger partial charge in [-0.25, -0.2) is 8.42 Å². The van der Waals surface area contributed by atoms with Gasteiger partial charge in [-0.2, -0.15) is 4.31 Å². The molecule has 142 valence electrons. The molecule has 0 aromatic heterocycles. The lowest BCUT2D eigenvalue weighted by molar-refractivity contribution is -0.111. The summed E-state index contributed by atoms with van der Waals surface area (Å²) in [5, 5.41) is 2.73. The number of carbonyl (C=O) groups is 1. The number of sulfonamides is 1. The zero-order valence-corrected chi connectivity index (χ0v) is 16.2. The van der Waals surface area contributed by atoms with Gasteiger partial charge in [-0.1, -0.05) is 37.3 Å². The summed E-state index contributed by atoms with van der Waals surface area (Å²) < 4.78 is 26.8. The number of rotatable bonds is 6. The minimum Gasteiger partial charge on any atom is -0.322 e. The standard InChI is InChI=1S/C21H24N2O3S/c1-2-17-8-10-18(11-9-17)12-13-21(24)22-19-6-5-7-20(16-19)27(25,26)23-14-3-4-15-23/h5-13,16H,2-4,14-15H2,1H3,(H,22,24)/b13-12+. The molecule has 3 rings (SSSR count). The first-order valence-electron chi connectivity index (χ1n) is 9.17. The molecule has 1 fully saturated rings. The Labute approximate surface area is 160 Å². The summed E-state index contributed by atoms with van der Waals surface area (Å²) in [6.45, 7) is 3.20. The number of amides is 1. The van der Waals surface area contributed by atoms with Crippen LogP contribution >= 0.6 is 0 Å². The topological polar surface area (TPSA) is 66.5 Å². The van der Waals surface area contributed by atoms with Gasteiger partial charge >= 0.3 is 0 Å². The number of benzene rings is 2. The first-order valence-corrected chi connectivity index (χ1v) is 10.6. The molecule has 0 bridgehead atoms. The number of nitrogens with one attached hydrogen (secondary N) is 1. The van der Waals surface area contributed by atoms with Crippen LogP contribution in [0.15, 0.2) is 59.5 Å². The van der Waals surface area contributed by atoms with Gasteiger partial charge < -0.3 is 5.32 Å². The number of carbonyl (C=O) groups excluding carboxylic acids is 1. The van der Waals surface area contributed by atoms with Crippen molar-refractivity contribution in [2.45, 2.75) is 31.1 Å². The lowest BCUT2D eigenvalue weighted by atomic mass is 10.1. The van der Waals surface area contributed by atoms with E-state index in [0.29, 0.717) is 18.8 Å². The fourth-order valence-electron chi connectivity index (χ4n) is 3.03. The molecule has 27 heavy (non-hydrogen) atoms. The van der Waals surface area contributed by atoms with Crippen molar-refractivity contribution in [1.82, 2.24) is 4.31 Å². The quantitative estimate of drug-likeness (QED) is 0.773. The second-order valence-corrected chi connectivity index (χ2v) is 8.49. The van der Waals surface area contributed by atoms with Gasteiger partial charge in [0.25, 0.3) is 0 Å². The average molecular weight is 385 g/mol. The van der Waals surface area contributed by atoms with Gasteiger partial charge in [0.15, 0.2) is 0 Å². The number of nitrogens with zero attached hydrogens (tertiary/aromatic N) is 1. The Kier molecular flexibility index (Phi) is 6.08. The summed E-state index contributed by atoms with van der Waals surface area (Å²) in [6, 6.07) is 14.4. The normalized spacial score (nSPS) is 15.3. The molecule has 1 heterocycles. The van der Waals surface area contributed by atoms with Gasteiger partial charge in [0.2, 0.25) is 15.9 Å². The van der Waals surface area contributed by atoms with E-state index in [1.807, 2.05) is 24.3 Å². The summed E-state index contributed by atoms with van der Waals surface area (Å²) >= 11 is 0. The van der Waals surface area contributed by atoms with Crippen molar-refractivity contribution in [1.29, 1.82) is 0 Å². The summed E-state index contributed by atoms with van der Waals surface area (Å²) in [4.78, 5) is 12.4.